The third kappa shape index (κ3) is 16.3. The van der Waals surface area contributed by atoms with E-state index in [1.807, 2.05) is 6.92 Å². The van der Waals surface area contributed by atoms with Crippen LogP contribution in [0.3, 0.4) is 0 Å². The molecule has 0 aromatic rings. The van der Waals surface area contributed by atoms with Gasteiger partial charge in [-0.15, -0.1) is 0 Å². The molecule has 0 radical (unpaired) electrons. The second-order valence-corrected chi connectivity index (χ2v) is 12.7. The summed E-state index contributed by atoms with van der Waals surface area (Å²) in [6.07, 6.45) is 19.9. The molecule has 0 aliphatic rings. The van der Waals surface area contributed by atoms with Gasteiger partial charge in [-0.3, -0.25) is 0 Å². The molecule has 2 atom stereocenters. The molecule has 0 N–H and O–H groups in total. The molecule has 0 bridgehead atoms. The number of methoxy groups -OCH3 is 1. The largest absolute Gasteiger partial charge is 0.395 e. The van der Waals surface area contributed by atoms with Crippen LogP contribution in [0.4, 0.5) is 0 Å². The van der Waals surface area contributed by atoms with E-state index in [1.54, 1.807) is 7.11 Å². The number of rotatable bonds is 18. The van der Waals surface area contributed by atoms with Gasteiger partial charge in [0.25, 0.3) is 0 Å². The predicted octanol–water partition coefficient (Wildman–Crippen LogP) is 8.00. The van der Waals surface area contributed by atoms with Crippen molar-refractivity contribution in [3.8, 4) is 0 Å². The summed E-state index contributed by atoms with van der Waals surface area (Å²) < 4.78 is 11.5. The van der Waals surface area contributed by atoms with Crippen LogP contribution in [0.15, 0.2) is 0 Å². The molecule has 0 aliphatic heterocycles. The maximum absolute atomic E-state index is 6.19. The normalized spacial score (nSPS) is 14.5. The fraction of sp³-hybridized carbons (Fsp3) is 1.00. The van der Waals surface area contributed by atoms with Gasteiger partial charge >= 0.3 is 0 Å². The molecule has 26 heavy (non-hydrogen) atoms. The lowest BCUT2D eigenvalue weighted by Gasteiger charge is -2.31. The van der Waals surface area contributed by atoms with Gasteiger partial charge in [0.1, 0.15) is 6.29 Å². The highest BCUT2D eigenvalue weighted by Crippen LogP contribution is 2.32. The van der Waals surface area contributed by atoms with Crippen molar-refractivity contribution in [2.45, 2.75) is 142 Å². The zero-order valence-corrected chi connectivity index (χ0v) is 20.2. The molecular formula is C23H50O2Si. The number of hydrogen-bond acceptors (Lipinski definition) is 2. The predicted molar refractivity (Wildman–Crippen MR) is 120 cm³/mol. The SMILES string of the molecule is CCCCCCCCCCCCCCCC[SiH](OC(C)OC)C(C)(C)C. The van der Waals surface area contributed by atoms with Crippen molar-refractivity contribution in [3.05, 3.63) is 0 Å². The van der Waals surface area contributed by atoms with Gasteiger partial charge < -0.3 is 9.16 Å². The highest BCUT2D eigenvalue weighted by Gasteiger charge is 2.28. The minimum Gasteiger partial charge on any atom is -0.395 e. The van der Waals surface area contributed by atoms with Crippen LogP contribution in [-0.2, 0) is 9.16 Å². The van der Waals surface area contributed by atoms with E-state index >= 15 is 0 Å². The zero-order chi connectivity index (χ0) is 19.7. The van der Waals surface area contributed by atoms with E-state index in [0.717, 1.165) is 0 Å². The fourth-order valence-corrected chi connectivity index (χ4v) is 6.16. The molecule has 0 saturated heterocycles. The van der Waals surface area contributed by atoms with E-state index < -0.39 is 9.04 Å². The lowest BCUT2D eigenvalue weighted by atomic mass is 10.0. The van der Waals surface area contributed by atoms with Crippen LogP contribution >= 0.6 is 0 Å². The first-order valence-electron chi connectivity index (χ1n) is 11.6. The summed E-state index contributed by atoms with van der Waals surface area (Å²) in [6.45, 7) is 11.3. The topological polar surface area (TPSA) is 18.5 Å². The maximum atomic E-state index is 6.19. The Morgan fingerprint density at radius 1 is 0.692 bits per heavy atom. The molecule has 0 rings (SSSR count). The summed E-state index contributed by atoms with van der Waals surface area (Å²) in [6, 6.07) is 1.29. The van der Waals surface area contributed by atoms with Crippen molar-refractivity contribution in [1.82, 2.24) is 0 Å². The Bertz CT molecular complexity index is 288. The molecule has 0 aliphatic carbocycles. The van der Waals surface area contributed by atoms with Crippen LogP contribution < -0.4 is 0 Å². The van der Waals surface area contributed by atoms with Gasteiger partial charge in [-0.2, -0.15) is 0 Å². The van der Waals surface area contributed by atoms with Gasteiger partial charge in [0, 0.05) is 7.11 Å². The van der Waals surface area contributed by atoms with Crippen LogP contribution in [-0.4, -0.2) is 22.4 Å². The molecular weight excluding hydrogens is 336 g/mol. The summed E-state index contributed by atoms with van der Waals surface area (Å²) in [5.74, 6) is 0. The van der Waals surface area contributed by atoms with Crippen LogP contribution in [0, 0.1) is 0 Å². The lowest BCUT2D eigenvalue weighted by molar-refractivity contribution is -0.0441. The van der Waals surface area contributed by atoms with Gasteiger partial charge in [-0.1, -0.05) is 118 Å². The molecule has 0 saturated carbocycles. The van der Waals surface area contributed by atoms with Gasteiger partial charge in [0.05, 0.1) is 0 Å². The summed E-state index contributed by atoms with van der Waals surface area (Å²) >= 11 is 0. The molecule has 2 unspecified atom stereocenters. The Kier molecular flexibility index (Phi) is 17.3. The van der Waals surface area contributed by atoms with Crippen LogP contribution in [0.5, 0.6) is 0 Å². The highest BCUT2D eigenvalue weighted by molar-refractivity contribution is 6.55. The second-order valence-electron chi connectivity index (χ2n) is 9.18. The molecule has 2 nitrogen and oxygen atoms in total. The van der Waals surface area contributed by atoms with Crippen LogP contribution in [0.25, 0.3) is 0 Å². The molecule has 0 aromatic carbocycles. The van der Waals surface area contributed by atoms with E-state index in [1.165, 1.54) is 95.9 Å². The van der Waals surface area contributed by atoms with Crippen molar-refractivity contribution in [1.29, 1.82) is 0 Å². The molecule has 3 heteroatoms. The number of unbranched alkanes of at least 4 members (excludes halogenated alkanes) is 13. The van der Waals surface area contributed by atoms with Crippen LogP contribution in [0.2, 0.25) is 11.1 Å². The lowest BCUT2D eigenvalue weighted by Crippen LogP contribution is -2.33. The van der Waals surface area contributed by atoms with Crippen molar-refractivity contribution in [2.24, 2.45) is 0 Å². The molecule has 158 valence electrons. The van der Waals surface area contributed by atoms with Crippen molar-refractivity contribution >= 4 is 9.04 Å². The average molecular weight is 387 g/mol. The Labute approximate surface area is 167 Å². The standard InChI is InChI=1S/C23H50O2Si/c1-7-8-9-10-11-12-13-14-15-16-17-18-19-20-21-26(23(3,4)5)25-22(2)24-6/h22,26H,7-21H2,1-6H3. The van der Waals surface area contributed by atoms with E-state index in [9.17, 15) is 0 Å². The maximum Gasteiger partial charge on any atom is 0.185 e. The highest BCUT2D eigenvalue weighted by atomic mass is 28.3. The second kappa shape index (κ2) is 17.2. The van der Waals surface area contributed by atoms with Gasteiger partial charge in [0.15, 0.2) is 9.04 Å². The van der Waals surface area contributed by atoms with E-state index in [4.69, 9.17) is 9.16 Å². The Hall–Kier alpha value is 0.137. The first-order chi connectivity index (χ1) is 12.4. The zero-order valence-electron chi connectivity index (χ0n) is 19.1. The molecule has 0 heterocycles. The van der Waals surface area contributed by atoms with E-state index in [0.29, 0.717) is 5.04 Å². The smallest absolute Gasteiger partial charge is 0.185 e. The number of ether oxygens (including phenoxy) is 1. The number of hydrogen-bond donors (Lipinski definition) is 0. The first kappa shape index (κ1) is 26.1. The molecule has 0 spiro atoms. The Morgan fingerprint density at radius 2 is 1.08 bits per heavy atom. The Balaban J connectivity index is 3.48. The monoisotopic (exact) mass is 386 g/mol. The first-order valence-corrected chi connectivity index (χ1v) is 13.5. The van der Waals surface area contributed by atoms with Gasteiger partial charge in [0.2, 0.25) is 0 Å². The third-order valence-electron chi connectivity index (χ3n) is 5.47. The van der Waals surface area contributed by atoms with Crippen molar-refractivity contribution in [3.63, 3.8) is 0 Å². The molecule has 0 amide bonds. The van der Waals surface area contributed by atoms with Crippen molar-refractivity contribution < 1.29 is 9.16 Å². The van der Waals surface area contributed by atoms with Gasteiger partial charge in [-0.25, -0.2) is 0 Å². The third-order valence-corrected chi connectivity index (χ3v) is 9.05. The van der Waals surface area contributed by atoms with Crippen molar-refractivity contribution in [2.75, 3.05) is 7.11 Å². The molecule has 0 fully saturated rings. The molecule has 0 aromatic heterocycles. The summed E-state index contributed by atoms with van der Waals surface area (Å²) in [5.41, 5.74) is 0. The van der Waals surface area contributed by atoms with Crippen LogP contribution in [0.1, 0.15) is 125 Å². The average Bonchev–Trinajstić information content (AvgIpc) is 2.59. The fourth-order valence-electron chi connectivity index (χ4n) is 3.52. The summed E-state index contributed by atoms with van der Waals surface area (Å²) in [7, 11) is 0.530. The summed E-state index contributed by atoms with van der Waals surface area (Å²) in [5, 5.41) is 0.323. The quantitative estimate of drug-likeness (QED) is 0.135. The summed E-state index contributed by atoms with van der Waals surface area (Å²) in [4.78, 5) is 0. The van der Waals surface area contributed by atoms with E-state index in [2.05, 4.69) is 27.7 Å². The minimum absolute atomic E-state index is 0.0439. The Morgan fingerprint density at radius 3 is 1.42 bits per heavy atom. The van der Waals surface area contributed by atoms with Gasteiger partial charge in [-0.05, 0) is 18.0 Å². The van der Waals surface area contributed by atoms with E-state index in [-0.39, 0.29) is 6.29 Å². The minimum atomic E-state index is -1.21.